The van der Waals surface area contributed by atoms with Crippen molar-refractivity contribution < 1.29 is 0 Å². The van der Waals surface area contributed by atoms with E-state index in [9.17, 15) is 0 Å². The molecule has 106 valence electrons. The smallest absolute Gasteiger partial charge is 0.203 e. The second-order valence-corrected chi connectivity index (χ2v) is 4.99. The second-order valence-electron chi connectivity index (χ2n) is 4.13. The van der Waals surface area contributed by atoms with E-state index < -0.39 is 0 Å². The van der Waals surface area contributed by atoms with Gasteiger partial charge in [0.2, 0.25) is 4.80 Å². The van der Waals surface area contributed by atoms with Gasteiger partial charge in [0, 0.05) is 28.9 Å². The summed E-state index contributed by atoms with van der Waals surface area (Å²) in [5, 5.41) is 14.3. The summed E-state index contributed by atoms with van der Waals surface area (Å²) in [5.41, 5.74) is 2.87. The molecule has 0 unspecified atom stereocenters. The Hall–Kier alpha value is -2.24. The van der Waals surface area contributed by atoms with Crippen LogP contribution in [0.5, 0.6) is 0 Å². The summed E-state index contributed by atoms with van der Waals surface area (Å²) in [4.78, 5) is 4.44. The van der Waals surface area contributed by atoms with Crippen LogP contribution in [0.25, 0.3) is 11.3 Å². The molecule has 0 saturated carbocycles. The van der Waals surface area contributed by atoms with E-state index in [1.54, 1.807) is 23.3 Å². The Morgan fingerprint density at radius 2 is 1.95 bits per heavy atom. The zero-order valence-corrected chi connectivity index (χ0v) is 12.6. The van der Waals surface area contributed by atoms with Crippen LogP contribution in [0, 0.1) is 5.41 Å². The maximum atomic E-state index is 7.96. The van der Waals surface area contributed by atoms with E-state index in [0.717, 1.165) is 16.8 Å². The molecule has 0 aliphatic carbocycles. The van der Waals surface area contributed by atoms with Gasteiger partial charge in [-0.2, -0.15) is 5.10 Å². The molecule has 2 aromatic heterocycles. The van der Waals surface area contributed by atoms with Crippen molar-refractivity contribution >= 4 is 30.0 Å². The zero-order valence-electron chi connectivity index (χ0n) is 11.0. The lowest BCUT2D eigenvalue weighted by Crippen LogP contribution is -2.09. The number of nitrogens with zero attached hydrogens (tertiary/aromatic N) is 3. The molecule has 6 heteroatoms. The summed E-state index contributed by atoms with van der Waals surface area (Å²) < 4.78 is 1.63. The molecule has 21 heavy (non-hydrogen) atoms. The largest absolute Gasteiger partial charge is 0.273 e. The molecule has 0 aliphatic rings. The number of benzene rings is 1. The van der Waals surface area contributed by atoms with Crippen LogP contribution >= 0.6 is 23.7 Å². The Morgan fingerprint density at radius 1 is 1.14 bits per heavy atom. The quantitative estimate of drug-likeness (QED) is 0.740. The van der Waals surface area contributed by atoms with Crippen LogP contribution in [0.1, 0.15) is 5.56 Å². The average molecular weight is 317 g/mol. The van der Waals surface area contributed by atoms with Crippen molar-refractivity contribution in [1.29, 1.82) is 5.41 Å². The highest BCUT2D eigenvalue weighted by Crippen LogP contribution is 2.19. The minimum atomic E-state index is 0. The summed E-state index contributed by atoms with van der Waals surface area (Å²) in [6.45, 7) is 0. The second kappa shape index (κ2) is 6.97. The van der Waals surface area contributed by atoms with Gasteiger partial charge in [-0.3, -0.25) is 10.4 Å². The number of rotatable bonds is 3. The Bertz CT molecular complexity index is 778. The number of halogens is 1. The third-order valence-corrected chi connectivity index (χ3v) is 3.52. The zero-order chi connectivity index (χ0) is 13.8. The van der Waals surface area contributed by atoms with Gasteiger partial charge in [0.05, 0.1) is 11.9 Å². The van der Waals surface area contributed by atoms with Gasteiger partial charge in [0.25, 0.3) is 0 Å². The van der Waals surface area contributed by atoms with E-state index in [0.29, 0.717) is 4.80 Å². The Labute approximate surface area is 132 Å². The molecule has 0 aliphatic heterocycles. The molecule has 0 saturated heterocycles. The van der Waals surface area contributed by atoms with Gasteiger partial charge < -0.3 is 0 Å². The normalized spacial score (nSPS) is 10.5. The summed E-state index contributed by atoms with van der Waals surface area (Å²) in [7, 11) is 0. The van der Waals surface area contributed by atoms with E-state index >= 15 is 0 Å². The number of pyridine rings is 1. The molecule has 0 fully saturated rings. The first-order valence-electron chi connectivity index (χ1n) is 6.09. The fourth-order valence-electron chi connectivity index (χ4n) is 1.81. The molecule has 1 N–H and O–H groups in total. The van der Waals surface area contributed by atoms with E-state index in [1.807, 2.05) is 47.8 Å². The Balaban J connectivity index is 0.00000161. The van der Waals surface area contributed by atoms with E-state index in [4.69, 9.17) is 5.41 Å². The van der Waals surface area contributed by atoms with E-state index in [2.05, 4.69) is 10.1 Å². The molecule has 0 atom stereocenters. The van der Waals surface area contributed by atoms with Crippen LogP contribution in [-0.4, -0.2) is 15.9 Å². The maximum Gasteiger partial charge on any atom is 0.203 e. The van der Waals surface area contributed by atoms with Crippen molar-refractivity contribution in [3.63, 3.8) is 0 Å². The van der Waals surface area contributed by atoms with Crippen LogP contribution in [0.15, 0.2) is 65.3 Å². The minimum absolute atomic E-state index is 0. The lowest BCUT2D eigenvalue weighted by atomic mass is 10.2. The Morgan fingerprint density at radius 3 is 2.67 bits per heavy atom. The van der Waals surface area contributed by atoms with Crippen LogP contribution in [0.2, 0.25) is 0 Å². The SMILES string of the molecule is Cl.N=c1scc(-c2ccccc2)n1/N=C/c1cccnc1. The lowest BCUT2D eigenvalue weighted by Gasteiger charge is -2.02. The van der Waals surface area contributed by atoms with Crippen LogP contribution in [0.4, 0.5) is 0 Å². The third-order valence-electron chi connectivity index (χ3n) is 2.78. The Kier molecular flexibility index (Phi) is 5.03. The highest BCUT2D eigenvalue weighted by atomic mass is 35.5. The molecule has 4 nitrogen and oxygen atoms in total. The van der Waals surface area contributed by atoms with Crippen LogP contribution in [0.3, 0.4) is 0 Å². The molecule has 3 aromatic rings. The van der Waals surface area contributed by atoms with Gasteiger partial charge in [-0.1, -0.05) is 36.4 Å². The lowest BCUT2D eigenvalue weighted by molar-refractivity contribution is 0.839. The number of aromatic nitrogens is 2. The number of thiazole rings is 1. The van der Waals surface area contributed by atoms with Gasteiger partial charge in [-0.25, -0.2) is 4.68 Å². The number of nitrogens with one attached hydrogen (secondary N) is 1. The molecule has 2 heterocycles. The monoisotopic (exact) mass is 316 g/mol. The molecule has 0 amide bonds. The third kappa shape index (κ3) is 3.45. The topological polar surface area (TPSA) is 54.0 Å². The number of hydrogen-bond donors (Lipinski definition) is 1. The van der Waals surface area contributed by atoms with E-state index in [-0.39, 0.29) is 12.4 Å². The molecular formula is C15H13ClN4S. The minimum Gasteiger partial charge on any atom is -0.273 e. The highest BCUT2D eigenvalue weighted by molar-refractivity contribution is 7.07. The van der Waals surface area contributed by atoms with Crippen molar-refractivity contribution in [2.45, 2.75) is 0 Å². The fourth-order valence-corrected chi connectivity index (χ4v) is 2.52. The molecule has 1 aromatic carbocycles. The predicted octanol–water partition coefficient (Wildman–Crippen LogP) is 3.40. The standard InChI is InChI=1S/C15H12N4S.ClH/c16-15-19(18-10-12-5-4-8-17-9-12)14(11-20-15)13-6-2-1-3-7-13;/h1-11,16H;1H/b16-15?,18-10+;. The molecule has 3 rings (SSSR count). The average Bonchev–Trinajstić information content (AvgIpc) is 2.88. The van der Waals surface area contributed by atoms with Crippen LogP contribution < -0.4 is 4.80 Å². The van der Waals surface area contributed by atoms with Gasteiger partial charge in [0.15, 0.2) is 0 Å². The predicted molar refractivity (Wildman–Crippen MR) is 88.1 cm³/mol. The van der Waals surface area contributed by atoms with Gasteiger partial charge in [0.1, 0.15) is 0 Å². The van der Waals surface area contributed by atoms with Crippen molar-refractivity contribution in [3.8, 4) is 11.3 Å². The molecule has 0 spiro atoms. The van der Waals surface area contributed by atoms with Gasteiger partial charge >= 0.3 is 0 Å². The first-order chi connectivity index (χ1) is 9.84. The fraction of sp³-hybridized carbons (Fsp3) is 0. The maximum absolute atomic E-state index is 7.96. The summed E-state index contributed by atoms with van der Waals surface area (Å²) in [5.74, 6) is 0. The summed E-state index contributed by atoms with van der Waals surface area (Å²) in [6, 6.07) is 13.7. The van der Waals surface area contributed by atoms with Gasteiger partial charge in [-0.15, -0.1) is 23.7 Å². The first kappa shape index (κ1) is 15.2. The molecular weight excluding hydrogens is 304 g/mol. The first-order valence-corrected chi connectivity index (χ1v) is 6.97. The van der Waals surface area contributed by atoms with Crippen molar-refractivity contribution in [2.24, 2.45) is 5.10 Å². The summed E-state index contributed by atoms with van der Waals surface area (Å²) >= 11 is 1.36. The van der Waals surface area contributed by atoms with Crippen molar-refractivity contribution in [2.75, 3.05) is 0 Å². The van der Waals surface area contributed by atoms with Crippen LogP contribution in [-0.2, 0) is 0 Å². The van der Waals surface area contributed by atoms with Crippen molar-refractivity contribution in [3.05, 3.63) is 70.6 Å². The van der Waals surface area contributed by atoms with Crippen molar-refractivity contribution in [1.82, 2.24) is 9.66 Å². The number of hydrogen-bond acceptors (Lipinski definition) is 4. The summed E-state index contributed by atoms with van der Waals surface area (Å²) in [6.07, 6.45) is 5.17. The highest BCUT2D eigenvalue weighted by Gasteiger charge is 2.05. The molecule has 0 bridgehead atoms. The molecule has 0 radical (unpaired) electrons. The van der Waals surface area contributed by atoms with Gasteiger partial charge in [-0.05, 0) is 6.07 Å². The van der Waals surface area contributed by atoms with E-state index in [1.165, 1.54) is 11.3 Å².